The smallest absolute Gasteiger partial charge is 0.248 e. The van der Waals surface area contributed by atoms with Crippen LogP contribution >= 0.6 is 31.9 Å². The minimum Gasteiger partial charge on any atom is -0.248 e. The van der Waals surface area contributed by atoms with Gasteiger partial charge in [0.25, 0.3) is 0 Å². The van der Waals surface area contributed by atoms with Crippen LogP contribution in [0.2, 0.25) is 0 Å². The molecular formula is C11H5Br2F9OS. The molecule has 138 valence electrons. The van der Waals surface area contributed by atoms with Gasteiger partial charge in [-0.1, -0.05) is 31.9 Å². The van der Waals surface area contributed by atoms with E-state index in [2.05, 4.69) is 31.9 Å². The van der Waals surface area contributed by atoms with Gasteiger partial charge >= 0.3 is 17.4 Å². The molecule has 1 atom stereocenters. The van der Waals surface area contributed by atoms with Gasteiger partial charge in [0.2, 0.25) is 6.43 Å². The Labute approximate surface area is 148 Å². The lowest BCUT2D eigenvalue weighted by atomic mass is 10.1. The van der Waals surface area contributed by atoms with E-state index in [1.165, 1.54) is 0 Å². The maximum atomic E-state index is 13.6. The summed E-state index contributed by atoms with van der Waals surface area (Å²) in [6, 6.07) is 1.59. The van der Waals surface area contributed by atoms with Crippen LogP contribution in [0.15, 0.2) is 26.0 Å². The zero-order chi connectivity index (χ0) is 19.1. The predicted molar refractivity (Wildman–Crippen MR) is 73.9 cm³/mol. The number of alkyl halides is 9. The minimum atomic E-state index is -6.68. The molecule has 0 aliphatic rings. The molecule has 0 saturated carbocycles. The van der Waals surface area contributed by atoms with Crippen LogP contribution in [-0.2, 0) is 17.2 Å². The monoisotopic (exact) mass is 514 g/mol. The summed E-state index contributed by atoms with van der Waals surface area (Å²) < 4.78 is 126. The molecule has 0 aliphatic carbocycles. The molecular weight excluding hydrogens is 511 g/mol. The second-order valence-corrected chi connectivity index (χ2v) is 7.58. The summed E-state index contributed by atoms with van der Waals surface area (Å²) >= 11 is 5.43. The third kappa shape index (κ3) is 4.09. The molecule has 1 aromatic carbocycles. The van der Waals surface area contributed by atoms with Crippen LogP contribution < -0.4 is 0 Å². The highest BCUT2D eigenvalue weighted by Crippen LogP contribution is 2.50. The van der Waals surface area contributed by atoms with Gasteiger partial charge in [0.15, 0.2) is 0 Å². The second-order valence-electron chi connectivity index (χ2n) is 4.32. The Balaban J connectivity index is 3.53. The zero-order valence-corrected chi connectivity index (χ0v) is 14.9. The highest BCUT2D eigenvalue weighted by molar-refractivity contribution is 9.11. The molecule has 0 radical (unpaired) electrons. The molecule has 0 fully saturated rings. The number of rotatable bonds is 5. The van der Waals surface area contributed by atoms with Gasteiger partial charge in [-0.25, -0.2) is 13.0 Å². The lowest BCUT2D eigenvalue weighted by Crippen LogP contribution is -2.54. The van der Waals surface area contributed by atoms with Gasteiger partial charge in [-0.2, -0.15) is 30.7 Å². The van der Waals surface area contributed by atoms with Crippen LogP contribution in [0, 0.1) is 0 Å². The van der Waals surface area contributed by atoms with Crippen LogP contribution in [0.5, 0.6) is 0 Å². The highest BCUT2D eigenvalue weighted by atomic mass is 79.9. The van der Waals surface area contributed by atoms with Gasteiger partial charge in [0.1, 0.15) is 10.8 Å². The molecule has 0 amide bonds. The standard InChI is InChI=1S/C11H5Br2F9OS/c12-4-1-6(13)5(3-8(14)15)7(2-4)24(23)11(21,22)9(16,17)10(18,19)20/h1-2,8H,3H2. The second kappa shape index (κ2) is 7.14. The van der Waals surface area contributed by atoms with Crippen molar-refractivity contribution < 1.29 is 43.7 Å². The summed E-state index contributed by atoms with van der Waals surface area (Å²) in [6.45, 7) is 0. The highest BCUT2D eigenvalue weighted by Gasteiger charge is 2.76. The van der Waals surface area contributed by atoms with Crippen LogP contribution in [0.3, 0.4) is 0 Å². The van der Waals surface area contributed by atoms with Crippen molar-refractivity contribution in [2.45, 2.75) is 35.1 Å². The van der Waals surface area contributed by atoms with Gasteiger partial charge in [0, 0.05) is 15.4 Å². The van der Waals surface area contributed by atoms with Crippen LogP contribution in [0.25, 0.3) is 0 Å². The lowest BCUT2D eigenvalue weighted by molar-refractivity contribution is -0.331. The molecule has 1 nitrogen and oxygen atoms in total. The first kappa shape index (κ1) is 21.7. The molecule has 0 aliphatic heterocycles. The minimum absolute atomic E-state index is 0.137. The Morgan fingerprint density at radius 3 is 1.92 bits per heavy atom. The van der Waals surface area contributed by atoms with Crippen molar-refractivity contribution in [1.29, 1.82) is 0 Å². The van der Waals surface area contributed by atoms with E-state index in [9.17, 15) is 43.7 Å². The van der Waals surface area contributed by atoms with Gasteiger partial charge < -0.3 is 0 Å². The van der Waals surface area contributed by atoms with E-state index in [4.69, 9.17) is 0 Å². The fraction of sp³-hybridized carbons (Fsp3) is 0.455. The molecule has 0 bridgehead atoms. The Hall–Kier alpha value is -0.300. The average Bonchev–Trinajstić information content (AvgIpc) is 2.38. The molecule has 0 N–H and O–H groups in total. The fourth-order valence-electron chi connectivity index (χ4n) is 1.52. The van der Waals surface area contributed by atoms with E-state index < -0.39 is 51.5 Å². The summed E-state index contributed by atoms with van der Waals surface area (Å²) in [5.41, 5.74) is -0.760. The summed E-state index contributed by atoms with van der Waals surface area (Å²) in [5, 5.41) is -6.07. The van der Waals surface area contributed by atoms with Gasteiger partial charge in [0.05, 0.1) is 4.90 Å². The van der Waals surface area contributed by atoms with E-state index in [0.717, 1.165) is 6.07 Å². The number of hydrogen-bond acceptors (Lipinski definition) is 1. The average molecular weight is 516 g/mol. The van der Waals surface area contributed by atoms with Crippen molar-refractivity contribution in [2.75, 3.05) is 0 Å². The molecule has 1 rings (SSSR count). The Kier molecular flexibility index (Phi) is 6.47. The normalized spacial score (nSPS) is 15.0. The van der Waals surface area contributed by atoms with Crippen molar-refractivity contribution in [3.05, 3.63) is 26.6 Å². The van der Waals surface area contributed by atoms with Crippen molar-refractivity contribution in [3.63, 3.8) is 0 Å². The summed E-state index contributed by atoms with van der Waals surface area (Å²) in [5.74, 6) is -6.62. The molecule has 1 aromatic rings. The van der Waals surface area contributed by atoms with Crippen molar-refractivity contribution >= 4 is 42.7 Å². The third-order valence-corrected chi connectivity index (χ3v) is 5.28. The molecule has 24 heavy (non-hydrogen) atoms. The molecule has 0 heterocycles. The SMILES string of the molecule is O=S(c1cc(Br)cc(Br)c1CC(F)F)C(F)(F)C(F)(F)C(F)(F)F. The molecule has 0 saturated heterocycles. The zero-order valence-electron chi connectivity index (χ0n) is 10.9. The van der Waals surface area contributed by atoms with Crippen molar-refractivity contribution in [2.24, 2.45) is 0 Å². The molecule has 1 unspecified atom stereocenters. The topological polar surface area (TPSA) is 17.1 Å². The van der Waals surface area contributed by atoms with Crippen molar-refractivity contribution in [1.82, 2.24) is 0 Å². The van der Waals surface area contributed by atoms with Crippen LogP contribution in [0.1, 0.15) is 5.56 Å². The first-order valence-corrected chi connectivity index (χ1v) is 8.36. The van der Waals surface area contributed by atoms with E-state index in [1.807, 2.05) is 0 Å². The maximum Gasteiger partial charge on any atom is 0.461 e. The van der Waals surface area contributed by atoms with Gasteiger partial charge in [-0.3, -0.25) is 0 Å². The van der Waals surface area contributed by atoms with E-state index in [1.54, 1.807) is 0 Å². The molecule has 0 aromatic heterocycles. The van der Waals surface area contributed by atoms with E-state index in [-0.39, 0.29) is 8.95 Å². The largest absolute Gasteiger partial charge is 0.461 e. The molecule has 0 spiro atoms. The summed E-state index contributed by atoms with van der Waals surface area (Å²) in [7, 11) is -4.25. The predicted octanol–water partition coefficient (Wildman–Crippen LogP) is 5.92. The van der Waals surface area contributed by atoms with Crippen molar-refractivity contribution in [3.8, 4) is 0 Å². The first-order valence-electron chi connectivity index (χ1n) is 5.63. The summed E-state index contributed by atoms with van der Waals surface area (Å²) in [4.78, 5) is -1.26. The molecule has 13 heteroatoms. The Bertz CT molecular complexity index is 645. The van der Waals surface area contributed by atoms with E-state index in [0.29, 0.717) is 6.07 Å². The number of hydrogen-bond donors (Lipinski definition) is 0. The Morgan fingerprint density at radius 1 is 1.00 bits per heavy atom. The Morgan fingerprint density at radius 2 is 1.50 bits per heavy atom. The number of benzene rings is 1. The van der Waals surface area contributed by atoms with Gasteiger partial charge in [-0.15, -0.1) is 0 Å². The first-order chi connectivity index (χ1) is 10.6. The fourth-order valence-corrected chi connectivity index (χ4v) is 4.46. The summed E-state index contributed by atoms with van der Waals surface area (Å²) in [6.07, 6.45) is -11.1. The lowest BCUT2D eigenvalue weighted by Gasteiger charge is -2.28. The quantitative estimate of drug-likeness (QED) is 0.445. The van der Waals surface area contributed by atoms with Gasteiger partial charge in [-0.05, 0) is 17.7 Å². The maximum absolute atomic E-state index is 13.6. The number of halogens is 11. The van der Waals surface area contributed by atoms with E-state index >= 15 is 0 Å². The third-order valence-electron chi connectivity index (χ3n) is 2.63. The van der Waals surface area contributed by atoms with Crippen LogP contribution in [0.4, 0.5) is 39.5 Å². The van der Waals surface area contributed by atoms with Crippen LogP contribution in [-0.4, -0.2) is 28.0 Å².